The highest BCUT2D eigenvalue weighted by Gasteiger charge is 2.17. The summed E-state index contributed by atoms with van der Waals surface area (Å²) in [6, 6.07) is 8.22. The van der Waals surface area contributed by atoms with E-state index in [0.717, 1.165) is 9.35 Å². The van der Waals surface area contributed by atoms with Crippen molar-refractivity contribution >= 4 is 38.6 Å². The van der Waals surface area contributed by atoms with Crippen molar-refractivity contribution < 1.29 is 4.92 Å². The molecule has 1 aromatic heterocycles. The number of rotatable bonds is 4. The van der Waals surface area contributed by atoms with Crippen molar-refractivity contribution in [2.75, 3.05) is 5.32 Å². The molecule has 0 aliphatic heterocycles. The van der Waals surface area contributed by atoms with E-state index >= 15 is 0 Å². The molecule has 0 fully saturated rings. The van der Waals surface area contributed by atoms with Crippen molar-refractivity contribution in [2.24, 2.45) is 0 Å². The number of anilines is 1. The summed E-state index contributed by atoms with van der Waals surface area (Å²) in [5.74, 6) is 0. The number of nitriles is 1. The van der Waals surface area contributed by atoms with Gasteiger partial charge in [0.1, 0.15) is 5.69 Å². The van der Waals surface area contributed by atoms with Crippen LogP contribution in [0.15, 0.2) is 34.1 Å². The molecule has 1 N–H and O–H groups in total. The lowest BCUT2D eigenvalue weighted by molar-refractivity contribution is -0.384. The first kappa shape index (κ1) is 14.5. The van der Waals surface area contributed by atoms with Crippen molar-refractivity contribution in [3.63, 3.8) is 0 Å². The number of benzene rings is 1. The van der Waals surface area contributed by atoms with Crippen LogP contribution in [0.2, 0.25) is 0 Å². The first-order chi connectivity index (χ1) is 9.51. The van der Waals surface area contributed by atoms with Crippen molar-refractivity contribution in [3.05, 3.63) is 54.7 Å². The number of thiophene rings is 1. The molecule has 0 saturated carbocycles. The molecule has 0 aliphatic rings. The van der Waals surface area contributed by atoms with Gasteiger partial charge in [0.25, 0.3) is 5.69 Å². The Hall–Kier alpha value is -1.91. The van der Waals surface area contributed by atoms with Gasteiger partial charge in [-0.15, -0.1) is 11.3 Å². The summed E-state index contributed by atoms with van der Waals surface area (Å²) in [6.07, 6.45) is 0. The second kappa shape index (κ2) is 6.03. The lowest BCUT2D eigenvalue weighted by Crippen LogP contribution is -2.07. The number of nitro groups is 1. The largest absolute Gasteiger partial charge is 0.372 e. The number of nitro benzene ring substituents is 1. The zero-order valence-corrected chi connectivity index (χ0v) is 12.9. The minimum Gasteiger partial charge on any atom is -0.372 e. The summed E-state index contributed by atoms with van der Waals surface area (Å²) in [5.41, 5.74) is 0.589. The molecule has 0 saturated heterocycles. The third kappa shape index (κ3) is 3.15. The van der Waals surface area contributed by atoms with Gasteiger partial charge in [-0.1, -0.05) is 0 Å². The SMILES string of the molecule is CC(Nc1ccc(C#N)cc1[N+](=O)[O-])c1cc(Br)cs1. The molecular weight excluding hydrogens is 342 g/mol. The van der Waals surface area contributed by atoms with Gasteiger partial charge in [0.15, 0.2) is 0 Å². The van der Waals surface area contributed by atoms with Crippen LogP contribution in [-0.4, -0.2) is 4.92 Å². The zero-order chi connectivity index (χ0) is 14.7. The van der Waals surface area contributed by atoms with E-state index in [4.69, 9.17) is 5.26 Å². The fourth-order valence-corrected chi connectivity index (χ4v) is 3.19. The molecule has 0 amide bonds. The summed E-state index contributed by atoms with van der Waals surface area (Å²) in [7, 11) is 0. The molecule has 7 heteroatoms. The summed E-state index contributed by atoms with van der Waals surface area (Å²) < 4.78 is 0.987. The van der Waals surface area contributed by atoms with Gasteiger partial charge in [0.05, 0.1) is 22.6 Å². The van der Waals surface area contributed by atoms with Crippen LogP contribution in [0.4, 0.5) is 11.4 Å². The van der Waals surface area contributed by atoms with Gasteiger partial charge in [0.2, 0.25) is 0 Å². The third-order valence-corrected chi connectivity index (χ3v) is 4.59. The molecule has 20 heavy (non-hydrogen) atoms. The minimum atomic E-state index is -0.486. The van der Waals surface area contributed by atoms with E-state index in [9.17, 15) is 10.1 Å². The number of halogens is 1. The highest BCUT2D eigenvalue weighted by molar-refractivity contribution is 9.10. The normalized spacial score (nSPS) is 11.7. The average molecular weight is 352 g/mol. The van der Waals surface area contributed by atoms with Gasteiger partial charge in [-0.25, -0.2) is 0 Å². The monoisotopic (exact) mass is 351 g/mol. The maximum atomic E-state index is 11.1. The van der Waals surface area contributed by atoms with E-state index in [-0.39, 0.29) is 17.3 Å². The second-order valence-corrected chi connectivity index (χ2v) is 5.99. The molecule has 0 bridgehead atoms. The Morgan fingerprint density at radius 1 is 1.50 bits per heavy atom. The fourth-order valence-electron chi connectivity index (χ4n) is 1.73. The van der Waals surface area contributed by atoms with Crippen LogP contribution in [0.5, 0.6) is 0 Å². The summed E-state index contributed by atoms with van der Waals surface area (Å²) in [5, 5.41) is 24.9. The maximum absolute atomic E-state index is 11.1. The number of nitrogens with zero attached hydrogens (tertiary/aromatic N) is 2. The van der Waals surface area contributed by atoms with Gasteiger partial charge in [-0.3, -0.25) is 10.1 Å². The molecule has 102 valence electrons. The molecule has 5 nitrogen and oxygen atoms in total. The number of hydrogen-bond donors (Lipinski definition) is 1. The number of nitrogens with one attached hydrogen (secondary N) is 1. The lowest BCUT2D eigenvalue weighted by atomic mass is 10.1. The highest BCUT2D eigenvalue weighted by Crippen LogP contribution is 2.32. The van der Waals surface area contributed by atoms with Crippen LogP contribution in [0.25, 0.3) is 0 Å². The zero-order valence-electron chi connectivity index (χ0n) is 10.5. The van der Waals surface area contributed by atoms with Crippen LogP contribution in [0.3, 0.4) is 0 Å². The van der Waals surface area contributed by atoms with Crippen LogP contribution in [0.1, 0.15) is 23.4 Å². The van der Waals surface area contributed by atoms with Gasteiger partial charge in [0, 0.05) is 20.8 Å². The van der Waals surface area contributed by atoms with Gasteiger partial charge < -0.3 is 5.32 Å². The molecule has 1 atom stereocenters. The second-order valence-electron chi connectivity index (χ2n) is 4.13. The summed E-state index contributed by atoms with van der Waals surface area (Å²) in [4.78, 5) is 11.6. The van der Waals surface area contributed by atoms with Crippen molar-refractivity contribution in [1.29, 1.82) is 5.26 Å². The van der Waals surface area contributed by atoms with Gasteiger partial charge in [-0.2, -0.15) is 5.26 Å². The van der Waals surface area contributed by atoms with Gasteiger partial charge >= 0.3 is 0 Å². The van der Waals surface area contributed by atoms with E-state index in [1.54, 1.807) is 23.5 Å². The minimum absolute atomic E-state index is 0.0575. The Morgan fingerprint density at radius 3 is 2.80 bits per heavy atom. The third-order valence-electron chi connectivity index (χ3n) is 2.71. The Balaban J connectivity index is 2.29. The molecular formula is C13H10BrN3O2S. The molecule has 2 aromatic rings. The van der Waals surface area contributed by atoms with Crippen LogP contribution < -0.4 is 5.32 Å². The Bertz CT molecular complexity index is 693. The van der Waals surface area contributed by atoms with E-state index in [1.807, 2.05) is 24.4 Å². The molecule has 1 heterocycles. The Labute approximate surface area is 128 Å². The van der Waals surface area contributed by atoms with E-state index in [0.29, 0.717) is 5.69 Å². The first-order valence-electron chi connectivity index (χ1n) is 5.70. The number of hydrogen-bond acceptors (Lipinski definition) is 5. The predicted octanol–water partition coefficient (Wildman–Crippen LogP) is 4.46. The van der Waals surface area contributed by atoms with Crippen LogP contribution in [-0.2, 0) is 0 Å². The summed E-state index contributed by atoms with van der Waals surface area (Å²) in [6.45, 7) is 1.93. The van der Waals surface area contributed by atoms with E-state index in [2.05, 4.69) is 21.2 Å². The Kier molecular flexibility index (Phi) is 4.37. The van der Waals surface area contributed by atoms with Crippen molar-refractivity contribution in [3.8, 4) is 6.07 Å². The molecule has 0 aliphatic carbocycles. The predicted molar refractivity (Wildman–Crippen MR) is 81.9 cm³/mol. The van der Waals surface area contributed by atoms with Crippen LogP contribution in [0, 0.1) is 21.4 Å². The molecule has 1 unspecified atom stereocenters. The standard InChI is InChI=1S/C13H10BrN3O2S/c1-8(13-5-10(14)7-20-13)16-11-3-2-9(6-15)4-12(11)17(18)19/h2-5,7-8,16H,1H3. The lowest BCUT2D eigenvalue weighted by Gasteiger charge is -2.13. The van der Waals surface area contributed by atoms with E-state index < -0.39 is 4.92 Å². The fraction of sp³-hybridized carbons (Fsp3) is 0.154. The Morgan fingerprint density at radius 2 is 2.25 bits per heavy atom. The molecule has 1 aromatic carbocycles. The maximum Gasteiger partial charge on any atom is 0.293 e. The van der Waals surface area contributed by atoms with Crippen molar-refractivity contribution in [1.82, 2.24) is 0 Å². The van der Waals surface area contributed by atoms with Crippen molar-refractivity contribution in [2.45, 2.75) is 13.0 Å². The smallest absolute Gasteiger partial charge is 0.293 e. The van der Waals surface area contributed by atoms with Crippen LogP contribution >= 0.6 is 27.3 Å². The van der Waals surface area contributed by atoms with Gasteiger partial charge in [-0.05, 0) is 41.1 Å². The molecule has 0 radical (unpaired) electrons. The summed E-state index contributed by atoms with van der Waals surface area (Å²) >= 11 is 4.95. The topological polar surface area (TPSA) is 79.0 Å². The quantitative estimate of drug-likeness (QED) is 0.651. The molecule has 2 rings (SSSR count). The highest BCUT2D eigenvalue weighted by atomic mass is 79.9. The molecule has 0 spiro atoms. The van der Waals surface area contributed by atoms with E-state index in [1.165, 1.54) is 6.07 Å². The average Bonchev–Trinajstić information content (AvgIpc) is 2.85. The first-order valence-corrected chi connectivity index (χ1v) is 7.37.